The minimum atomic E-state index is 0.783. The lowest BCUT2D eigenvalue weighted by Crippen LogP contribution is -2.03. The van der Waals surface area contributed by atoms with Gasteiger partial charge in [-0.3, -0.25) is 0 Å². The van der Waals surface area contributed by atoms with Crippen LogP contribution in [0.4, 0.5) is 0 Å². The average molecular weight is 261 g/mol. The van der Waals surface area contributed by atoms with Crippen molar-refractivity contribution in [2.75, 3.05) is 0 Å². The molecule has 0 N–H and O–H groups in total. The number of benzene rings is 2. The predicted molar refractivity (Wildman–Crippen MR) is 87.9 cm³/mol. The van der Waals surface area contributed by atoms with Gasteiger partial charge in [-0.25, -0.2) is 4.99 Å². The van der Waals surface area contributed by atoms with Crippen LogP contribution in [0.1, 0.15) is 25.0 Å². The van der Waals surface area contributed by atoms with E-state index in [9.17, 15) is 0 Å². The zero-order chi connectivity index (χ0) is 14.4. The first kappa shape index (κ1) is 14.0. The van der Waals surface area contributed by atoms with Gasteiger partial charge in [-0.2, -0.15) is 0 Å². The smallest absolute Gasteiger partial charge is 0.0735 e. The van der Waals surface area contributed by atoms with E-state index >= 15 is 0 Å². The fourth-order valence-corrected chi connectivity index (χ4v) is 1.94. The van der Waals surface area contributed by atoms with E-state index in [1.165, 1.54) is 0 Å². The Kier molecular flexibility index (Phi) is 4.67. The molecule has 1 heteroatoms. The average Bonchev–Trinajstić information content (AvgIpc) is 2.53. The molecule has 0 amide bonds. The van der Waals surface area contributed by atoms with Gasteiger partial charge in [0, 0.05) is 5.56 Å². The Labute approximate surface area is 121 Å². The van der Waals surface area contributed by atoms with Gasteiger partial charge in [0.25, 0.3) is 0 Å². The third-order valence-corrected chi connectivity index (χ3v) is 3.21. The van der Waals surface area contributed by atoms with Crippen LogP contribution in [0, 0.1) is 0 Å². The Morgan fingerprint density at radius 1 is 0.900 bits per heavy atom. The van der Waals surface area contributed by atoms with Crippen LogP contribution in [0.3, 0.4) is 0 Å². The molecule has 2 rings (SSSR count). The number of nitrogens with zero attached hydrogens (tertiary/aromatic N) is 1. The normalized spacial score (nSPS) is 12.3. The highest BCUT2D eigenvalue weighted by atomic mass is 14.8. The van der Waals surface area contributed by atoms with Crippen molar-refractivity contribution in [1.29, 1.82) is 0 Å². The van der Waals surface area contributed by atoms with E-state index in [0.717, 1.165) is 28.1 Å². The lowest BCUT2D eigenvalue weighted by molar-refractivity contribution is 1.44. The highest BCUT2D eigenvalue weighted by Gasteiger charge is 2.06. The Hall–Kier alpha value is -2.41. The van der Waals surface area contributed by atoms with Crippen molar-refractivity contribution < 1.29 is 0 Å². The lowest BCUT2D eigenvalue weighted by atomic mass is 10.0. The van der Waals surface area contributed by atoms with E-state index in [4.69, 9.17) is 4.99 Å². The molecule has 0 unspecified atom stereocenters. The standard InChI is InChI=1S/C19H19N/c1-4-15(2)19(18-13-9-6-10-14-18)20-16(3)17-11-7-5-8-12-17/h4-14H,3H2,1-2H3/b15-4-,20-19?. The lowest BCUT2D eigenvalue weighted by Gasteiger charge is -2.09. The third kappa shape index (κ3) is 3.33. The molecule has 100 valence electrons. The van der Waals surface area contributed by atoms with E-state index in [-0.39, 0.29) is 0 Å². The number of hydrogen-bond acceptors (Lipinski definition) is 1. The number of allylic oxidation sites excluding steroid dienone is 2. The van der Waals surface area contributed by atoms with Crippen LogP contribution < -0.4 is 0 Å². The van der Waals surface area contributed by atoms with Gasteiger partial charge in [0.15, 0.2) is 0 Å². The number of hydrogen-bond donors (Lipinski definition) is 0. The molecule has 0 bridgehead atoms. The topological polar surface area (TPSA) is 12.4 Å². The Balaban J connectivity index is 2.43. The molecule has 0 spiro atoms. The van der Waals surface area contributed by atoms with Gasteiger partial charge in [0.2, 0.25) is 0 Å². The summed E-state index contributed by atoms with van der Waals surface area (Å²) in [7, 11) is 0. The van der Waals surface area contributed by atoms with Crippen LogP contribution in [0.2, 0.25) is 0 Å². The van der Waals surface area contributed by atoms with Crippen molar-refractivity contribution in [2.45, 2.75) is 13.8 Å². The van der Waals surface area contributed by atoms with Crippen molar-refractivity contribution in [1.82, 2.24) is 0 Å². The summed E-state index contributed by atoms with van der Waals surface area (Å²) in [5, 5.41) is 0. The predicted octanol–water partition coefficient (Wildman–Crippen LogP) is 5.11. The fourth-order valence-electron chi connectivity index (χ4n) is 1.94. The maximum absolute atomic E-state index is 4.74. The molecule has 1 nitrogen and oxygen atoms in total. The minimum absolute atomic E-state index is 0.783. The Morgan fingerprint density at radius 3 is 1.90 bits per heavy atom. The van der Waals surface area contributed by atoms with E-state index in [1.807, 2.05) is 55.5 Å². The summed E-state index contributed by atoms with van der Waals surface area (Å²) in [6.45, 7) is 8.19. The van der Waals surface area contributed by atoms with Crippen LogP contribution in [0.15, 0.2) is 83.9 Å². The zero-order valence-corrected chi connectivity index (χ0v) is 12.0. The van der Waals surface area contributed by atoms with Crippen LogP contribution in [-0.4, -0.2) is 5.71 Å². The largest absolute Gasteiger partial charge is 0.248 e. The summed E-state index contributed by atoms with van der Waals surface area (Å²) in [6, 6.07) is 20.3. The molecule has 0 fully saturated rings. The SMILES string of the molecule is C=C(N=C(/C(C)=C\C)c1ccccc1)c1ccccc1. The zero-order valence-electron chi connectivity index (χ0n) is 12.0. The summed E-state index contributed by atoms with van der Waals surface area (Å²) >= 11 is 0. The highest BCUT2D eigenvalue weighted by Crippen LogP contribution is 2.18. The molecule has 0 atom stereocenters. The second-order valence-electron chi connectivity index (χ2n) is 4.61. The highest BCUT2D eigenvalue weighted by molar-refractivity contribution is 6.14. The van der Waals surface area contributed by atoms with Crippen LogP contribution in [0.25, 0.3) is 5.70 Å². The van der Waals surface area contributed by atoms with E-state index in [0.29, 0.717) is 0 Å². The molecule has 2 aromatic carbocycles. The molecule has 2 aromatic rings. The Morgan fingerprint density at radius 2 is 1.40 bits per heavy atom. The van der Waals surface area contributed by atoms with Crippen molar-refractivity contribution in [3.05, 3.63) is 90.0 Å². The summed E-state index contributed by atoms with van der Waals surface area (Å²) in [5.41, 5.74) is 5.06. The van der Waals surface area contributed by atoms with E-state index in [1.54, 1.807) is 0 Å². The van der Waals surface area contributed by atoms with Gasteiger partial charge in [0.05, 0.1) is 11.4 Å². The van der Waals surface area contributed by atoms with Gasteiger partial charge >= 0.3 is 0 Å². The van der Waals surface area contributed by atoms with Crippen molar-refractivity contribution in [2.24, 2.45) is 4.99 Å². The molecule has 0 aliphatic heterocycles. The molecule has 0 aliphatic carbocycles. The van der Waals surface area contributed by atoms with Crippen molar-refractivity contribution in [3.63, 3.8) is 0 Å². The maximum atomic E-state index is 4.74. The molecule has 0 aromatic heterocycles. The first-order valence-corrected chi connectivity index (χ1v) is 6.74. The molecule has 0 heterocycles. The van der Waals surface area contributed by atoms with Crippen LogP contribution >= 0.6 is 0 Å². The third-order valence-electron chi connectivity index (χ3n) is 3.21. The van der Waals surface area contributed by atoms with Gasteiger partial charge in [-0.05, 0) is 25.0 Å². The second kappa shape index (κ2) is 6.67. The molecule has 0 saturated heterocycles. The first-order valence-electron chi connectivity index (χ1n) is 6.74. The number of aliphatic imine (C=N–C) groups is 1. The monoisotopic (exact) mass is 261 g/mol. The van der Waals surface area contributed by atoms with Gasteiger partial charge in [0.1, 0.15) is 0 Å². The quantitative estimate of drug-likeness (QED) is 0.678. The minimum Gasteiger partial charge on any atom is -0.248 e. The first-order chi connectivity index (χ1) is 9.72. The van der Waals surface area contributed by atoms with E-state index in [2.05, 4.69) is 31.7 Å². The summed E-state index contributed by atoms with van der Waals surface area (Å²) in [4.78, 5) is 4.74. The van der Waals surface area contributed by atoms with Crippen LogP contribution in [0.5, 0.6) is 0 Å². The van der Waals surface area contributed by atoms with Crippen molar-refractivity contribution in [3.8, 4) is 0 Å². The molecular formula is C19H19N. The van der Waals surface area contributed by atoms with Gasteiger partial charge in [-0.1, -0.05) is 73.3 Å². The number of rotatable bonds is 4. The molecule has 20 heavy (non-hydrogen) atoms. The maximum Gasteiger partial charge on any atom is 0.0735 e. The summed E-state index contributed by atoms with van der Waals surface area (Å²) in [5.74, 6) is 0. The Bertz CT molecular complexity index is 634. The molecular weight excluding hydrogens is 242 g/mol. The molecule has 0 aliphatic rings. The van der Waals surface area contributed by atoms with Gasteiger partial charge < -0.3 is 0 Å². The van der Waals surface area contributed by atoms with Gasteiger partial charge in [-0.15, -0.1) is 0 Å². The van der Waals surface area contributed by atoms with Crippen LogP contribution in [-0.2, 0) is 0 Å². The van der Waals surface area contributed by atoms with Crippen molar-refractivity contribution >= 4 is 11.4 Å². The molecule has 0 radical (unpaired) electrons. The van der Waals surface area contributed by atoms with E-state index < -0.39 is 0 Å². The fraction of sp³-hybridized carbons (Fsp3) is 0.105. The summed E-state index contributed by atoms with van der Waals surface area (Å²) in [6.07, 6.45) is 2.07. The molecule has 0 saturated carbocycles. The summed E-state index contributed by atoms with van der Waals surface area (Å²) < 4.78 is 0. The second-order valence-corrected chi connectivity index (χ2v) is 4.61.